The van der Waals surface area contributed by atoms with Crippen LogP contribution in [0.3, 0.4) is 0 Å². The molecule has 0 aliphatic carbocycles. The number of tetrazole rings is 1. The van der Waals surface area contributed by atoms with E-state index in [2.05, 4.69) is 32.5 Å². The smallest absolute Gasteiger partial charge is 0.340 e. The molecule has 0 fully saturated rings. The molecule has 0 atom stereocenters. The Hall–Kier alpha value is -4.53. The zero-order valence-electron chi connectivity index (χ0n) is 19.6. The minimum absolute atomic E-state index is 0.411. The van der Waals surface area contributed by atoms with Crippen LogP contribution in [0.25, 0.3) is 39.2 Å². The summed E-state index contributed by atoms with van der Waals surface area (Å²) in [7, 11) is 1.38. The molecule has 0 aliphatic rings. The molecule has 2 aromatic heterocycles. The Morgan fingerprint density at radius 1 is 1.00 bits per heavy atom. The van der Waals surface area contributed by atoms with Crippen LogP contribution >= 0.6 is 0 Å². The van der Waals surface area contributed by atoms with Crippen LogP contribution in [-0.4, -0.2) is 49.9 Å². The second-order valence-corrected chi connectivity index (χ2v) is 7.80. The summed E-state index contributed by atoms with van der Waals surface area (Å²) < 4.78 is 13.2. The van der Waals surface area contributed by atoms with Crippen LogP contribution < -0.4 is 4.74 Å². The van der Waals surface area contributed by atoms with Gasteiger partial charge in [0.05, 0.1) is 36.0 Å². The minimum Gasteiger partial charge on any atom is -0.493 e. The number of methoxy groups -OCH3 is 1. The highest BCUT2D eigenvalue weighted by Gasteiger charge is 2.22. The van der Waals surface area contributed by atoms with Crippen molar-refractivity contribution in [2.75, 3.05) is 13.7 Å². The van der Waals surface area contributed by atoms with E-state index in [-0.39, 0.29) is 0 Å². The lowest BCUT2D eigenvalue weighted by Crippen LogP contribution is -2.08. The van der Waals surface area contributed by atoms with Crippen LogP contribution in [-0.2, 0) is 11.2 Å². The Labute approximate surface area is 201 Å². The summed E-state index contributed by atoms with van der Waals surface area (Å²) in [4.78, 5) is 17.1. The minimum atomic E-state index is -0.411. The molecule has 1 N–H and O–H groups in total. The fourth-order valence-corrected chi connectivity index (χ4v) is 4.43. The highest BCUT2D eigenvalue weighted by molar-refractivity contribution is 6.02. The van der Waals surface area contributed by atoms with E-state index < -0.39 is 5.97 Å². The highest BCUT2D eigenvalue weighted by atomic mass is 16.5. The third-order valence-corrected chi connectivity index (χ3v) is 5.93. The molecule has 5 aromatic rings. The average molecular weight is 469 g/mol. The molecular formula is C26H24N6O3. The zero-order chi connectivity index (χ0) is 24.4. The van der Waals surface area contributed by atoms with Crippen LogP contribution in [0.5, 0.6) is 5.75 Å². The number of esters is 1. The molecule has 0 aliphatic heterocycles. The van der Waals surface area contributed by atoms with Crippen LogP contribution in [0.2, 0.25) is 0 Å². The number of rotatable bonds is 7. The van der Waals surface area contributed by atoms with Crippen molar-refractivity contribution in [3.05, 3.63) is 72.1 Å². The molecule has 0 spiro atoms. The maximum atomic E-state index is 12.5. The lowest BCUT2D eigenvalue weighted by atomic mass is 9.94. The maximum absolute atomic E-state index is 12.5. The van der Waals surface area contributed by atoms with Gasteiger partial charge in [0, 0.05) is 16.7 Å². The van der Waals surface area contributed by atoms with Gasteiger partial charge in [-0.05, 0) is 53.6 Å². The number of carbonyl (C=O) groups is 1. The molecule has 0 amide bonds. The molecule has 0 saturated carbocycles. The van der Waals surface area contributed by atoms with Gasteiger partial charge >= 0.3 is 5.97 Å². The monoisotopic (exact) mass is 468 g/mol. The van der Waals surface area contributed by atoms with Crippen molar-refractivity contribution in [3.63, 3.8) is 0 Å². The van der Waals surface area contributed by atoms with Crippen molar-refractivity contribution in [3.8, 4) is 34.0 Å². The predicted molar refractivity (Wildman–Crippen MR) is 132 cm³/mol. The number of hydrogen-bond acceptors (Lipinski definition) is 7. The number of benzene rings is 3. The van der Waals surface area contributed by atoms with E-state index >= 15 is 0 Å². The quantitative estimate of drug-likeness (QED) is 0.347. The van der Waals surface area contributed by atoms with Crippen LogP contribution in [0, 0.1) is 0 Å². The Morgan fingerprint density at radius 3 is 2.54 bits per heavy atom. The summed E-state index contributed by atoms with van der Waals surface area (Å²) in [6, 6.07) is 17.4. The van der Waals surface area contributed by atoms with Gasteiger partial charge in [-0.2, -0.15) is 0 Å². The molecule has 3 aromatic carbocycles. The van der Waals surface area contributed by atoms with Gasteiger partial charge in [0.2, 0.25) is 0 Å². The van der Waals surface area contributed by atoms with E-state index in [1.165, 1.54) is 7.11 Å². The zero-order valence-corrected chi connectivity index (χ0v) is 19.6. The number of carbonyl (C=O) groups excluding carboxylic acids is 1. The standard InChI is InChI=1S/C26H24N6O3/c1-4-16-22(32-15-27-21-12-8-11-20(23(21)32)26(33)34-3)14-13-18(24(16)35-5-2)17-9-6-7-10-19(17)25-28-30-31-29-25/h6-15H,4-5H2,1-3H3,(H,28,29,30,31). The Kier molecular flexibility index (Phi) is 5.97. The molecule has 35 heavy (non-hydrogen) atoms. The first-order chi connectivity index (χ1) is 17.2. The van der Waals surface area contributed by atoms with Crippen LogP contribution in [0.4, 0.5) is 0 Å². The molecule has 0 unspecified atom stereocenters. The summed E-state index contributed by atoms with van der Waals surface area (Å²) in [5.74, 6) is 0.935. The van der Waals surface area contributed by atoms with E-state index in [1.807, 2.05) is 54.0 Å². The highest BCUT2D eigenvalue weighted by Crippen LogP contribution is 2.41. The first kappa shape index (κ1) is 22.3. The molecule has 0 radical (unpaired) electrons. The molecule has 9 heteroatoms. The first-order valence-corrected chi connectivity index (χ1v) is 11.3. The largest absolute Gasteiger partial charge is 0.493 e. The van der Waals surface area contributed by atoms with E-state index in [0.29, 0.717) is 35.4 Å². The van der Waals surface area contributed by atoms with E-state index in [9.17, 15) is 4.79 Å². The molecule has 176 valence electrons. The van der Waals surface area contributed by atoms with Crippen LogP contribution in [0.1, 0.15) is 29.8 Å². The number of H-pyrrole nitrogens is 1. The van der Waals surface area contributed by atoms with Crippen molar-refractivity contribution >= 4 is 17.0 Å². The van der Waals surface area contributed by atoms with Gasteiger partial charge in [-0.3, -0.25) is 4.57 Å². The SMILES string of the molecule is CCOc1c(-c2ccccc2-c2nnn[nH]2)ccc(-n2cnc3cccc(C(=O)OC)c32)c1CC. The van der Waals surface area contributed by atoms with Crippen LogP contribution in [0.15, 0.2) is 60.9 Å². The Morgan fingerprint density at radius 2 is 1.83 bits per heavy atom. The van der Waals surface area contributed by atoms with E-state index in [4.69, 9.17) is 9.47 Å². The third kappa shape index (κ3) is 3.80. The number of ether oxygens (including phenoxy) is 2. The number of imidazole rings is 1. The second kappa shape index (κ2) is 9.38. The fraction of sp³-hybridized carbons (Fsp3) is 0.192. The first-order valence-electron chi connectivity index (χ1n) is 11.3. The summed E-state index contributed by atoms with van der Waals surface area (Å²) >= 11 is 0. The fourth-order valence-electron chi connectivity index (χ4n) is 4.43. The van der Waals surface area contributed by atoms with Crippen molar-refractivity contribution in [1.29, 1.82) is 0 Å². The maximum Gasteiger partial charge on any atom is 0.340 e. The Balaban J connectivity index is 1.76. The summed E-state index contributed by atoms with van der Waals surface area (Å²) in [6.45, 7) is 4.54. The number of fused-ring (bicyclic) bond motifs is 1. The molecule has 2 heterocycles. The normalized spacial score (nSPS) is 11.1. The summed E-state index contributed by atoms with van der Waals surface area (Å²) in [5, 5.41) is 14.4. The van der Waals surface area contributed by atoms with Gasteiger partial charge in [0.15, 0.2) is 5.82 Å². The number of nitrogens with zero attached hydrogens (tertiary/aromatic N) is 5. The number of nitrogens with one attached hydrogen (secondary N) is 1. The number of para-hydroxylation sites is 1. The molecule has 5 rings (SSSR count). The summed E-state index contributed by atoms with van der Waals surface area (Å²) in [6.07, 6.45) is 2.43. The molecule has 0 bridgehead atoms. The second-order valence-electron chi connectivity index (χ2n) is 7.80. The van der Waals surface area contributed by atoms with Gasteiger partial charge in [0.25, 0.3) is 0 Å². The molecule has 0 saturated heterocycles. The van der Waals surface area contributed by atoms with Crippen molar-refractivity contribution in [2.24, 2.45) is 0 Å². The lowest BCUT2D eigenvalue weighted by molar-refractivity contribution is 0.0602. The van der Waals surface area contributed by atoms with E-state index in [0.717, 1.165) is 33.7 Å². The molecular weight excluding hydrogens is 444 g/mol. The van der Waals surface area contributed by atoms with Gasteiger partial charge in [-0.25, -0.2) is 14.9 Å². The van der Waals surface area contributed by atoms with Crippen molar-refractivity contribution in [1.82, 2.24) is 30.2 Å². The van der Waals surface area contributed by atoms with Gasteiger partial charge < -0.3 is 9.47 Å². The number of aromatic nitrogens is 6. The van der Waals surface area contributed by atoms with Gasteiger partial charge in [-0.15, -0.1) is 5.10 Å². The molecule has 9 nitrogen and oxygen atoms in total. The Bertz CT molecular complexity index is 1510. The lowest BCUT2D eigenvalue weighted by Gasteiger charge is -2.20. The summed E-state index contributed by atoms with van der Waals surface area (Å²) in [5.41, 5.74) is 6.48. The van der Waals surface area contributed by atoms with E-state index in [1.54, 1.807) is 18.5 Å². The average Bonchev–Trinajstić information content (AvgIpc) is 3.58. The van der Waals surface area contributed by atoms with Gasteiger partial charge in [-0.1, -0.05) is 37.3 Å². The van der Waals surface area contributed by atoms with Crippen molar-refractivity contribution in [2.45, 2.75) is 20.3 Å². The van der Waals surface area contributed by atoms with Gasteiger partial charge in [0.1, 0.15) is 12.1 Å². The topological polar surface area (TPSA) is 108 Å². The third-order valence-electron chi connectivity index (χ3n) is 5.93. The number of aromatic amines is 1. The number of hydrogen-bond donors (Lipinski definition) is 1. The predicted octanol–water partition coefficient (Wildman–Crippen LogP) is 4.62. The van der Waals surface area contributed by atoms with Crippen molar-refractivity contribution < 1.29 is 14.3 Å².